The van der Waals surface area contributed by atoms with E-state index in [2.05, 4.69) is 17.0 Å². The summed E-state index contributed by atoms with van der Waals surface area (Å²) in [6.45, 7) is 3.25. The average molecular weight is 275 g/mol. The zero-order chi connectivity index (χ0) is 13.9. The van der Waals surface area contributed by atoms with E-state index in [0.29, 0.717) is 12.3 Å². The van der Waals surface area contributed by atoms with Crippen molar-refractivity contribution >= 4 is 5.97 Å². The molecule has 0 spiro atoms. The summed E-state index contributed by atoms with van der Waals surface area (Å²) in [5.41, 5.74) is 2.46. The van der Waals surface area contributed by atoms with Crippen molar-refractivity contribution in [3.63, 3.8) is 0 Å². The van der Waals surface area contributed by atoms with Gasteiger partial charge in [0, 0.05) is 26.3 Å². The van der Waals surface area contributed by atoms with E-state index < -0.39 is 5.97 Å². The highest BCUT2D eigenvalue weighted by atomic mass is 16.5. The Labute approximate surface area is 119 Å². The second-order valence-electron chi connectivity index (χ2n) is 5.81. The molecule has 0 bridgehead atoms. The summed E-state index contributed by atoms with van der Waals surface area (Å²) in [5, 5.41) is 9.50. The van der Waals surface area contributed by atoms with Gasteiger partial charge in [0.1, 0.15) is 6.04 Å². The van der Waals surface area contributed by atoms with Crippen molar-refractivity contribution in [1.29, 1.82) is 0 Å². The maximum Gasteiger partial charge on any atom is 0.321 e. The molecule has 1 fully saturated rings. The number of benzene rings is 1. The molecule has 4 nitrogen and oxygen atoms in total. The Morgan fingerprint density at radius 2 is 1.95 bits per heavy atom. The summed E-state index contributed by atoms with van der Waals surface area (Å²) < 4.78 is 5.38. The zero-order valence-corrected chi connectivity index (χ0v) is 11.6. The van der Waals surface area contributed by atoms with Crippen molar-refractivity contribution in [2.24, 2.45) is 5.92 Å². The Balaban J connectivity index is 1.75. The maximum absolute atomic E-state index is 11.5. The second-order valence-corrected chi connectivity index (χ2v) is 5.81. The fraction of sp³-hybridized carbons (Fsp3) is 0.562. The van der Waals surface area contributed by atoms with Crippen molar-refractivity contribution in [1.82, 2.24) is 4.90 Å². The van der Waals surface area contributed by atoms with Gasteiger partial charge in [0.2, 0.25) is 0 Å². The van der Waals surface area contributed by atoms with Crippen LogP contribution in [0.1, 0.15) is 24.0 Å². The molecule has 108 valence electrons. The van der Waals surface area contributed by atoms with Crippen LogP contribution in [0.4, 0.5) is 0 Å². The van der Waals surface area contributed by atoms with E-state index in [1.165, 1.54) is 11.1 Å². The Kier molecular flexibility index (Phi) is 4.03. The zero-order valence-electron chi connectivity index (χ0n) is 11.6. The lowest BCUT2D eigenvalue weighted by molar-refractivity contribution is -0.144. The van der Waals surface area contributed by atoms with Crippen LogP contribution in [-0.4, -0.2) is 41.8 Å². The number of rotatable bonds is 3. The molecule has 0 aliphatic carbocycles. The summed E-state index contributed by atoms with van der Waals surface area (Å²) in [6.07, 6.45) is 2.71. The lowest BCUT2D eigenvalue weighted by Crippen LogP contribution is -2.47. The van der Waals surface area contributed by atoms with Gasteiger partial charge in [0.15, 0.2) is 0 Å². The lowest BCUT2D eigenvalue weighted by Gasteiger charge is -2.37. The first-order chi connectivity index (χ1) is 9.74. The van der Waals surface area contributed by atoms with Gasteiger partial charge in [-0.15, -0.1) is 0 Å². The van der Waals surface area contributed by atoms with Crippen LogP contribution in [0.15, 0.2) is 24.3 Å². The number of aliphatic carboxylic acids is 1. The van der Waals surface area contributed by atoms with Gasteiger partial charge in [0.05, 0.1) is 0 Å². The molecule has 1 atom stereocenters. The van der Waals surface area contributed by atoms with Crippen molar-refractivity contribution in [2.75, 3.05) is 19.8 Å². The third-order valence-electron chi connectivity index (χ3n) is 4.46. The van der Waals surface area contributed by atoms with Gasteiger partial charge in [-0.25, -0.2) is 0 Å². The summed E-state index contributed by atoms with van der Waals surface area (Å²) in [7, 11) is 0. The molecule has 2 aliphatic rings. The Hall–Kier alpha value is -1.39. The molecular weight excluding hydrogens is 254 g/mol. The lowest BCUT2D eigenvalue weighted by atomic mass is 9.91. The Morgan fingerprint density at radius 3 is 2.65 bits per heavy atom. The van der Waals surface area contributed by atoms with Crippen LogP contribution in [0.25, 0.3) is 0 Å². The van der Waals surface area contributed by atoms with Crippen LogP contribution >= 0.6 is 0 Å². The summed E-state index contributed by atoms with van der Waals surface area (Å²) in [4.78, 5) is 13.7. The fourth-order valence-electron chi connectivity index (χ4n) is 3.27. The average Bonchev–Trinajstić information content (AvgIpc) is 2.47. The number of carboxylic acids is 1. The molecule has 4 heteroatoms. The molecule has 1 aromatic rings. The molecule has 0 radical (unpaired) electrons. The van der Waals surface area contributed by atoms with Gasteiger partial charge < -0.3 is 9.84 Å². The SMILES string of the molecule is O=C(O)[C@@H]1Cc2ccccc2CN1CC1CCOCC1. The predicted octanol–water partition coefficient (Wildman–Crippen LogP) is 1.92. The molecular formula is C16H21NO3. The monoisotopic (exact) mass is 275 g/mol. The summed E-state index contributed by atoms with van der Waals surface area (Å²) >= 11 is 0. The number of hydrogen-bond donors (Lipinski definition) is 1. The topological polar surface area (TPSA) is 49.8 Å². The Morgan fingerprint density at radius 1 is 1.25 bits per heavy atom. The largest absolute Gasteiger partial charge is 0.480 e. The van der Waals surface area contributed by atoms with Crippen molar-refractivity contribution in [3.05, 3.63) is 35.4 Å². The van der Waals surface area contributed by atoms with Crippen LogP contribution in [-0.2, 0) is 22.5 Å². The van der Waals surface area contributed by atoms with E-state index in [1.807, 2.05) is 12.1 Å². The molecule has 0 amide bonds. The molecule has 1 aromatic carbocycles. The van der Waals surface area contributed by atoms with Gasteiger partial charge in [0.25, 0.3) is 0 Å². The molecule has 0 unspecified atom stereocenters. The highest BCUT2D eigenvalue weighted by molar-refractivity contribution is 5.74. The molecule has 1 saturated heterocycles. The van der Waals surface area contributed by atoms with E-state index in [9.17, 15) is 9.90 Å². The minimum absolute atomic E-state index is 0.382. The first-order valence-electron chi connectivity index (χ1n) is 7.35. The third kappa shape index (κ3) is 2.86. The first kappa shape index (κ1) is 13.6. The first-order valence-corrected chi connectivity index (χ1v) is 7.35. The predicted molar refractivity (Wildman–Crippen MR) is 75.5 cm³/mol. The van der Waals surface area contributed by atoms with Crippen LogP contribution < -0.4 is 0 Å². The molecule has 0 aromatic heterocycles. The van der Waals surface area contributed by atoms with Crippen LogP contribution in [0.5, 0.6) is 0 Å². The smallest absolute Gasteiger partial charge is 0.321 e. The molecule has 2 aliphatic heterocycles. The van der Waals surface area contributed by atoms with E-state index in [0.717, 1.165) is 39.1 Å². The van der Waals surface area contributed by atoms with Gasteiger partial charge in [-0.3, -0.25) is 9.69 Å². The molecule has 20 heavy (non-hydrogen) atoms. The number of fused-ring (bicyclic) bond motifs is 1. The van der Waals surface area contributed by atoms with Gasteiger partial charge >= 0.3 is 5.97 Å². The fourth-order valence-corrected chi connectivity index (χ4v) is 3.27. The van der Waals surface area contributed by atoms with Gasteiger partial charge in [-0.1, -0.05) is 24.3 Å². The van der Waals surface area contributed by atoms with E-state index >= 15 is 0 Å². The summed E-state index contributed by atoms with van der Waals surface area (Å²) in [5.74, 6) is -0.137. The number of carboxylic acid groups (broad SMARTS) is 1. The van der Waals surface area contributed by atoms with Crippen LogP contribution in [0.3, 0.4) is 0 Å². The number of ether oxygens (including phenoxy) is 1. The van der Waals surface area contributed by atoms with Crippen molar-refractivity contribution in [2.45, 2.75) is 31.8 Å². The van der Waals surface area contributed by atoms with Crippen LogP contribution in [0, 0.1) is 5.92 Å². The summed E-state index contributed by atoms with van der Waals surface area (Å²) in [6, 6.07) is 7.81. The molecule has 2 heterocycles. The maximum atomic E-state index is 11.5. The number of nitrogens with zero attached hydrogens (tertiary/aromatic N) is 1. The minimum atomic E-state index is -0.702. The van der Waals surface area contributed by atoms with Crippen LogP contribution in [0.2, 0.25) is 0 Å². The normalized spacial score (nSPS) is 24.3. The second kappa shape index (κ2) is 5.94. The van der Waals surface area contributed by atoms with Gasteiger partial charge in [-0.05, 0) is 36.3 Å². The van der Waals surface area contributed by atoms with E-state index in [4.69, 9.17) is 4.74 Å². The Bertz CT molecular complexity index is 482. The number of carbonyl (C=O) groups is 1. The molecule has 3 rings (SSSR count). The quantitative estimate of drug-likeness (QED) is 0.915. The van der Waals surface area contributed by atoms with Crippen molar-refractivity contribution < 1.29 is 14.6 Å². The number of hydrogen-bond acceptors (Lipinski definition) is 3. The minimum Gasteiger partial charge on any atom is -0.480 e. The third-order valence-corrected chi connectivity index (χ3v) is 4.46. The standard InChI is InChI=1S/C16H21NO3/c18-16(19)15-9-13-3-1-2-4-14(13)11-17(15)10-12-5-7-20-8-6-12/h1-4,12,15H,5-11H2,(H,18,19)/t15-/m0/s1. The van der Waals surface area contributed by atoms with Gasteiger partial charge in [-0.2, -0.15) is 0 Å². The van der Waals surface area contributed by atoms with Crippen molar-refractivity contribution in [3.8, 4) is 0 Å². The van der Waals surface area contributed by atoms with E-state index in [1.54, 1.807) is 0 Å². The molecule has 0 saturated carbocycles. The van der Waals surface area contributed by atoms with E-state index in [-0.39, 0.29) is 6.04 Å². The highest BCUT2D eigenvalue weighted by Gasteiger charge is 2.32. The molecule has 1 N–H and O–H groups in total. The highest BCUT2D eigenvalue weighted by Crippen LogP contribution is 2.26.